The van der Waals surface area contributed by atoms with E-state index in [1.807, 2.05) is 12.1 Å². The number of carbonyl (C=O) groups excluding carboxylic acids is 2. The second-order valence-corrected chi connectivity index (χ2v) is 10.6. The van der Waals surface area contributed by atoms with Gasteiger partial charge in [0.1, 0.15) is 0 Å². The number of sulfonamides is 1. The van der Waals surface area contributed by atoms with Gasteiger partial charge < -0.3 is 0 Å². The summed E-state index contributed by atoms with van der Waals surface area (Å²) in [4.78, 5) is 26.9. The van der Waals surface area contributed by atoms with Crippen LogP contribution in [-0.4, -0.2) is 20.0 Å². The number of Topliss-reactive ketones (excluding diaryl/α,β-unsaturated/α-hetero) is 2. The summed E-state index contributed by atoms with van der Waals surface area (Å²) in [5.41, 5.74) is 1.19. The molecule has 2 aliphatic carbocycles. The standard InChI is InChI=1S/C27H21ClN2O4S/c28-20-10-12-21(13-11-20)35(33,34)29-24-25(27(32)23-9-5-4-8-22(23)26(24)31)30-16-14-19(15-17-30)18-6-2-1-3-7-18/h1-2,4-5,8-18H,3,6-7H2/p+1/t18-/m1/s1. The third-order valence-corrected chi connectivity index (χ3v) is 7.93. The second-order valence-electron chi connectivity index (χ2n) is 8.51. The summed E-state index contributed by atoms with van der Waals surface area (Å²) < 4.78 is 30.2. The van der Waals surface area contributed by atoms with E-state index in [-0.39, 0.29) is 27.4 Å². The number of nitrogens with zero attached hydrogens (tertiary/aromatic N) is 1. The number of ketones is 2. The van der Waals surface area contributed by atoms with E-state index in [1.54, 1.807) is 30.6 Å². The highest BCUT2D eigenvalue weighted by molar-refractivity contribution is 7.89. The Morgan fingerprint density at radius 2 is 1.51 bits per heavy atom. The molecule has 6 nitrogen and oxygen atoms in total. The van der Waals surface area contributed by atoms with E-state index < -0.39 is 21.6 Å². The average molecular weight is 506 g/mol. The molecule has 0 bridgehead atoms. The van der Waals surface area contributed by atoms with Gasteiger partial charge in [-0.05, 0) is 55.0 Å². The smallest absolute Gasteiger partial charge is 0.287 e. The minimum Gasteiger partial charge on any atom is -0.287 e. The number of fused-ring (bicyclic) bond motifs is 1. The molecule has 0 aliphatic heterocycles. The van der Waals surface area contributed by atoms with Crippen LogP contribution < -0.4 is 9.29 Å². The Morgan fingerprint density at radius 3 is 2.14 bits per heavy atom. The van der Waals surface area contributed by atoms with Crippen molar-refractivity contribution in [3.8, 4) is 0 Å². The van der Waals surface area contributed by atoms with Crippen molar-refractivity contribution in [2.24, 2.45) is 0 Å². The molecule has 1 N–H and O–H groups in total. The molecule has 1 atom stereocenters. The van der Waals surface area contributed by atoms with Gasteiger partial charge in [-0.15, -0.1) is 0 Å². The molecular weight excluding hydrogens is 484 g/mol. The van der Waals surface area contributed by atoms with Crippen LogP contribution >= 0.6 is 11.6 Å². The number of aromatic nitrogens is 1. The summed E-state index contributed by atoms with van der Waals surface area (Å²) >= 11 is 5.89. The Labute approximate surface area is 208 Å². The fourth-order valence-electron chi connectivity index (χ4n) is 4.47. The summed E-state index contributed by atoms with van der Waals surface area (Å²) in [5.74, 6) is -0.620. The Hall–Kier alpha value is -3.55. The molecule has 0 saturated heterocycles. The molecule has 0 amide bonds. The third kappa shape index (κ3) is 4.45. The fraction of sp³-hybridized carbons (Fsp3) is 0.148. The predicted octanol–water partition coefficient (Wildman–Crippen LogP) is 4.68. The number of hydrogen-bond acceptors (Lipinski definition) is 4. The molecule has 176 valence electrons. The lowest BCUT2D eigenvalue weighted by atomic mass is 9.88. The normalized spacial score (nSPS) is 17.9. The van der Waals surface area contributed by atoms with Crippen molar-refractivity contribution in [2.45, 2.75) is 30.1 Å². The molecular formula is C27H22ClN2O4S+. The number of benzene rings is 2. The molecule has 1 heterocycles. The Morgan fingerprint density at radius 1 is 0.857 bits per heavy atom. The molecule has 0 radical (unpaired) electrons. The minimum absolute atomic E-state index is 0.0404. The van der Waals surface area contributed by atoms with Crippen LogP contribution in [0.3, 0.4) is 0 Å². The van der Waals surface area contributed by atoms with Gasteiger partial charge in [0.2, 0.25) is 5.78 Å². The fourth-order valence-corrected chi connectivity index (χ4v) is 5.66. The van der Waals surface area contributed by atoms with Crippen LogP contribution in [0.4, 0.5) is 0 Å². The van der Waals surface area contributed by atoms with Crippen LogP contribution in [0.2, 0.25) is 5.02 Å². The Balaban J connectivity index is 1.60. The number of carbonyl (C=O) groups is 2. The summed E-state index contributed by atoms with van der Waals surface area (Å²) in [5, 5.41) is 0.380. The summed E-state index contributed by atoms with van der Waals surface area (Å²) in [6.07, 6.45) is 10.8. The topological polar surface area (TPSA) is 84.2 Å². The van der Waals surface area contributed by atoms with E-state index in [0.717, 1.165) is 24.8 Å². The third-order valence-electron chi connectivity index (χ3n) is 6.31. The van der Waals surface area contributed by atoms with Crippen molar-refractivity contribution < 1.29 is 22.6 Å². The van der Waals surface area contributed by atoms with Gasteiger partial charge in [-0.1, -0.05) is 48.0 Å². The van der Waals surface area contributed by atoms with Crippen molar-refractivity contribution in [3.05, 3.63) is 113 Å². The lowest BCUT2D eigenvalue weighted by Crippen LogP contribution is -2.44. The van der Waals surface area contributed by atoms with Crippen molar-refractivity contribution in [1.82, 2.24) is 4.72 Å². The zero-order chi connectivity index (χ0) is 24.6. The molecule has 2 aliphatic rings. The highest BCUT2D eigenvalue weighted by Gasteiger charge is 2.40. The van der Waals surface area contributed by atoms with E-state index in [1.165, 1.54) is 34.9 Å². The Bertz CT molecular complexity index is 1490. The maximum absolute atomic E-state index is 13.5. The maximum atomic E-state index is 13.5. The molecule has 8 heteroatoms. The highest BCUT2D eigenvalue weighted by Crippen LogP contribution is 2.30. The Kier molecular flexibility index (Phi) is 6.13. The van der Waals surface area contributed by atoms with E-state index in [4.69, 9.17) is 11.6 Å². The van der Waals surface area contributed by atoms with Gasteiger partial charge in [0, 0.05) is 28.3 Å². The zero-order valence-corrected chi connectivity index (χ0v) is 20.2. The molecule has 35 heavy (non-hydrogen) atoms. The number of halogens is 1. The predicted molar refractivity (Wildman–Crippen MR) is 132 cm³/mol. The minimum atomic E-state index is -4.16. The van der Waals surface area contributed by atoms with Crippen LogP contribution in [-0.2, 0) is 10.0 Å². The SMILES string of the molecule is O=C1C(NS(=O)(=O)c2ccc(Cl)cc2)=C([n+]2ccc([C@@H]3CC=CCC3)cc2)C(=O)c2ccccc21. The van der Waals surface area contributed by atoms with E-state index >= 15 is 0 Å². The average Bonchev–Trinajstić information content (AvgIpc) is 2.88. The van der Waals surface area contributed by atoms with Gasteiger partial charge in [-0.3, -0.25) is 14.3 Å². The number of allylic oxidation sites excluding steroid dienone is 4. The lowest BCUT2D eigenvalue weighted by Gasteiger charge is -2.19. The van der Waals surface area contributed by atoms with Gasteiger partial charge in [0.25, 0.3) is 21.5 Å². The van der Waals surface area contributed by atoms with Crippen molar-refractivity contribution >= 4 is 38.9 Å². The highest BCUT2D eigenvalue weighted by atomic mass is 35.5. The van der Waals surface area contributed by atoms with Crippen LogP contribution in [0, 0.1) is 0 Å². The van der Waals surface area contributed by atoms with Gasteiger partial charge in [0.15, 0.2) is 18.1 Å². The zero-order valence-electron chi connectivity index (χ0n) is 18.6. The number of hydrogen-bond donors (Lipinski definition) is 1. The number of rotatable bonds is 5. The lowest BCUT2D eigenvalue weighted by molar-refractivity contribution is -0.577. The summed E-state index contributed by atoms with van der Waals surface area (Å²) in [6.45, 7) is 0. The maximum Gasteiger partial charge on any atom is 0.287 e. The summed E-state index contributed by atoms with van der Waals surface area (Å²) in [6, 6.07) is 15.8. The molecule has 3 aromatic rings. The number of nitrogens with one attached hydrogen (secondary N) is 1. The molecule has 0 spiro atoms. The van der Waals surface area contributed by atoms with E-state index in [0.29, 0.717) is 10.9 Å². The second kappa shape index (κ2) is 9.24. The molecule has 0 fully saturated rings. The van der Waals surface area contributed by atoms with Gasteiger partial charge in [0.05, 0.1) is 4.90 Å². The molecule has 5 rings (SSSR count). The largest absolute Gasteiger partial charge is 0.287 e. The molecule has 0 unspecified atom stereocenters. The summed E-state index contributed by atoms with van der Waals surface area (Å²) in [7, 11) is -4.16. The first kappa shape index (κ1) is 23.2. The molecule has 2 aromatic carbocycles. The van der Waals surface area contributed by atoms with Gasteiger partial charge >= 0.3 is 0 Å². The van der Waals surface area contributed by atoms with Gasteiger partial charge in [-0.25, -0.2) is 8.42 Å². The first-order valence-electron chi connectivity index (χ1n) is 11.2. The van der Waals surface area contributed by atoms with E-state index in [9.17, 15) is 18.0 Å². The van der Waals surface area contributed by atoms with Gasteiger partial charge in [-0.2, -0.15) is 4.57 Å². The van der Waals surface area contributed by atoms with Crippen molar-refractivity contribution in [2.75, 3.05) is 0 Å². The first-order valence-corrected chi connectivity index (χ1v) is 13.1. The first-order chi connectivity index (χ1) is 16.8. The molecule has 1 aromatic heterocycles. The number of pyridine rings is 1. The van der Waals surface area contributed by atoms with E-state index in [2.05, 4.69) is 16.9 Å². The van der Waals surface area contributed by atoms with Crippen molar-refractivity contribution in [1.29, 1.82) is 0 Å². The van der Waals surface area contributed by atoms with Crippen molar-refractivity contribution in [3.63, 3.8) is 0 Å². The van der Waals surface area contributed by atoms with Crippen LogP contribution in [0.1, 0.15) is 51.5 Å². The molecule has 0 saturated carbocycles. The van der Waals surface area contributed by atoms with Crippen LogP contribution in [0.15, 0.2) is 95.8 Å². The quantitative estimate of drug-likeness (QED) is 0.403. The monoisotopic (exact) mass is 505 g/mol. The van der Waals surface area contributed by atoms with Crippen LogP contribution in [0.5, 0.6) is 0 Å². The van der Waals surface area contributed by atoms with Crippen LogP contribution in [0.25, 0.3) is 5.70 Å².